The molecule has 1 unspecified atom stereocenters. The molecule has 0 radical (unpaired) electrons. The first-order chi connectivity index (χ1) is 13.2. The van der Waals surface area contributed by atoms with Crippen molar-refractivity contribution in [1.29, 1.82) is 0 Å². The third-order valence-corrected chi connectivity index (χ3v) is 4.17. The molecule has 28 heavy (non-hydrogen) atoms. The van der Waals surface area contributed by atoms with Gasteiger partial charge in [-0.25, -0.2) is 9.78 Å². The van der Waals surface area contributed by atoms with E-state index in [9.17, 15) is 13.2 Å². The zero-order valence-electron chi connectivity index (χ0n) is 15.8. The lowest BCUT2D eigenvalue weighted by Crippen LogP contribution is -2.22. The third-order valence-electron chi connectivity index (χ3n) is 4.17. The second kappa shape index (κ2) is 9.65. The summed E-state index contributed by atoms with van der Waals surface area (Å²) < 4.78 is 34.0. The summed E-state index contributed by atoms with van der Waals surface area (Å²) in [6.45, 7) is 3.07. The van der Waals surface area contributed by atoms with E-state index in [1.165, 1.54) is 12.8 Å². The molecule has 3 heterocycles. The van der Waals surface area contributed by atoms with Gasteiger partial charge in [-0.3, -0.25) is 4.98 Å². The van der Waals surface area contributed by atoms with Crippen LogP contribution in [-0.4, -0.2) is 63.9 Å². The maximum absolute atomic E-state index is 10.6. The van der Waals surface area contributed by atoms with Crippen molar-refractivity contribution in [2.24, 2.45) is 0 Å². The Kier molecular flexibility index (Phi) is 7.53. The van der Waals surface area contributed by atoms with Crippen LogP contribution in [0.4, 0.5) is 13.2 Å². The van der Waals surface area contributed by atoms with Crippen LogP contribution < -0.4 is 5.32 Å². The highest BCUT2D eigenvalue weighted by Crippen LogP contribution is 2.26. The van der Waals surface area contributed by atoms with Crippen molar-refractivity contribution in [2.45, 2.75) is 31.6 Å². The average Bonchev–Trinajstić information content (AvgIpc) is 3.30. The van der Waals surface area contributed by atoms with Gasteiger partial charge in [0.1, 0.15) is 5.82 Å². The zero-order valence-corrected chi connectivity index (χ0v) is 15.8. The van der Waals surface area contributed by atoms with E-state index in [2.05, 4.69) is 46.1 Å². The number of halogens is 3. The number of rotatable bonds is 5. The van der Waals surface area contributed by atoms with Crippen LogP contribution in [0.15, 0.2) is 30.7 Å². The summed E-state index contributed by atoms with van der Waals surface area (Å²) >= 11 is 0. The minimum Gasteiger partial charge on any atom is -0.475 e. The molecule has 0 bridgehead atoms. The highest BCUT2D eigenvalue weighted by Gasteiger charge is 2.38. The van der Waals surface area contributed by atoms with Gasteiger partial charge in [-0.1, -0.05) is 0 Å². The number of alkyl halides is 3. The fourth-order valence-corrected chi connectivity index (χ4v) is 2.75. The number of carboxylic acid groups (broad SMARTS) is 1. The highest BCUT2D eigenvalue weighted by atomic mass is 19.4. The van der Waals surface area contributed by atoms with Crippen LogP contribution in [0.25, 0.3) is 11.3 Å². The summed E-state index contributed by atoms with van der Waals surface area (Å²) in [6, 6.07) is 4.41. The number of carboxylic acids is 1. The fraction of sp³-hybridized carbons (Fsp3) is 0.500. The molecular weight excluding hydrogens is 375 g/mol. The molecule has 0 spiro atoms. The van der Waals surface area contributed by atoms with Crippen molar-refractivity contribution in [3.63, 3.8) is 0 Å². The van der Waals surface area contributed by atoms with Crippen molar-refractivity contribution >= 4 is 5.97 Å². The second-order valence-corrected chi connectivity index (χ2v) is 6.67. The van der Waals surface area contributed by atoms with Gasteiger partial charge in [0.15, 0.2) is 0 Å². The molecule has 1 fully saturated rings. The van der Waals surface area contributed by atoms with E-state index in [0.29, 0.717) is 6.04 Å². The van der Waals surface area contributed by atoms with E-state index in [1.807, 2.05) is 12.3 Å². The zero-order chi connectivity index (χ0) is 20.7. The molecule has 0 saturated carbocycles. The molecule has 0 amide bonds. The number of imidazole rings is 1. The van der Waals surface area contributed by atoms with E-state index in [4.69, 9.17) is 14.9 Å². The standard InChI is InChI=1S/C16H23N5.C2HF3O2/c1-20(2)9-10-21-12-15(13-5-3-7-17-11-13)19-16(21)14-6-4-8-18-14;3-2(4,5)1(6)7/h3,5,7,11-12,14,18H,4,6,8-10H2,1-2H3;(H,6,7). The Balaban J connectivity index is 0.000000345. The lowest BCUT2D eigenvalue weighted by Gasteiger charge is -2.15. The molecule has 7 nitrogen and oxygen atoms in total. The van der Waals surface area contributed by atoms with Gasteiger partial charge >= 0.3 is 12.1 Å². The normalized spacial score (nSPS) is 16.7. The monoisotopic (exact) mass is 399 g/mol. The minimum absolute atomic E-state index is 0.387. The predicted octanol–water partition coefficient (Wildman–Crippen LogP) is 2.56. The fourth-order valence-electron chi connectivity index (χ4n) is 2.75. The number of nitrogens with one attached hydrogen (secondary N) is 1. The van der Waals surface area contributed by atoms with Crippen LogP contribution in [0, 0.1) is 0 Å². The van der Waals surface area contributed by atoms with Gasteiger partial charge in [0.05, 0.1) is 11.7 Å². The molecular formula is C18H24F3N5O2. The van der Waals surface area contributed by atoms with Gasteiger partial charge in [-0.15, -0.1) is 0 Å². The van der Waals surface area contributed by atoms with Crippen LogP contribution in [0.1, 0.15) is 24.7 Å². The number of likely N-dealkylation sites (N-methyl/N-ethyl adjacent to an activating group) is 1. The van der Waals surface area contributed by atoms with Gasteiger partial charge in [0.2, 0.25) is 0 Å². The first-order valence-electron chi connectivity index (χ1n) is 8.84. The van der Waals surface area contributed by atoms with E-state index in [0.717, 1.165) is 36.7 Å². The molecule has 1 aliphatic rings. The molecule has 2 aromatic rings. The van der Waals surface area contributed by atoms with E-state index in [-0.39, 0.29) is 0 Å². The number of hydrogen-bond acceptors (Lipinski definition) is 5. The number of aliphatic carboxylic acids is 1. The number of pyridine rings is 1. The number of hydrogen-bond donors (Lipinski definition) is 2. The molecule has 1 aliphatic heterocycles. The Morgan fingerprint density at radius 2 is 2.14 bits per heavy atom. The Morgan fingerprint density at radius 1 is 1.43 bits per heavy atom. The molecule has 10 heteroatoms. The Hall–Kier alpha value is -2.46. The van der Waals surface area contributed by atoms with Crippen LogP contribution in [0.2, 0.25) is 0 Å². The van der Waals surface area contributed by atoms with Gasteiger partial charge in [-0.2, -0.15) is 13.2 Å². The first-order valence-corrected chi connectivity index (χ1v) is 8.84. The number of nitrogens with zero attached hydrogens (tertiary/aromatic N) is 4. The summed E-state index contributed by atoms with van der Waals surface area (Å²) in [5.41, 5.74) is 2.10. The maximum Gasteiger partial charge on any atom is 0.490 e. The van der Waals surface area contributed by atoms with Crippen molar-refractivity contribution in [3.05, 3.63) is 36.5 Å². The van der Waals surface area contributed by atoms with Crippen LogP contribution in [-0.2, 0) is 11.3 Å². The van der Waals surface area contributed by atoms with Crippen LogP contribution in [0.5, 0.6) is 0 Å². The number of aromatic nitrogens is 3. The topological polar surface area (TPSA) is 83.3 Å². The van der Waals surface area contributed by atoms with Crippen molar-refractivity contribution < 1.29 is 23.1 Å². The quantitative estimate of drug-likeness (QED) is 0.804. The van der Waals surface area contributed by atoms with E-state index in [1.54, 1.807) is 6.20 Å². The minimum atomic E-state index is -5.08. The summed E-state index contributed by atoms with van der Waals surface area (Å²) in [6.07, 6.45) is 3.16. The summed E-state index contributed by atoms with van der Waals surface area (Å²) in [7, 11) is 4.21. The second-order valence-electron chi connectivity index (χ2n) is 6.67. The molecule has 1 saturated heterocycles. The summed E-state index contributed by atoms with van der Waals surface area (Å²) in [5.74, 6) is -1.60. The van der Waals surface area contributed by atoms with Gasteiger partial charge in [0.25, 0.3) is 0 Å². The predicted molar refractivity (Wildman–Crippen MR) is 97.7 cm³/mol. The molecule has 2 aromatic heterocycles. The van der Waals surface area contributed by atoms with Crippen LogP contribution in [0.3, 0.4) is 0 Å². The molecule has 3 rings (SSSR count). The van der Waals surface area contributed by atoms with Crippen molar-refractivity contribution in [3.8, 4) is 11.3 Å². The van der Waals surface area contributed by atoms with Crippen LogP contribution >= 0.6 is 0 Å². The Bertz CT molecular complexity index is 756. The highest BCUT2D eigenvalue weighted by molar-refractivity contribution is 5.73. The van der Waals surface area contributed by atoms with Gasteiger partial charge < -0.3 is 19.9 Å². The summed E-state index contributed by atoms with van der Waals surface area (Å²) in [5, 5.41) is 10.7. The van der Waals surface area contributed by atoms with Crippen molar-refractivity contribution in [2.75, 3.05) is 27.2 Å². The lowest BCUT2D eigenvalue weighted by molar-refractivity contribution is -0.192. The average molecular weight is 399 g/mol. The van der Waals surface area contributed by atoms with Crippen molar-refractivity contribution in [1.82, 2.24) is 24.8 Å². The molecule has 154 valence electrons. The molecule has 0 aromatic carbocycles. The van der Waals surface area contributed by atoms with Gasteiger partial charge in [-0.05, 0) is 45.6 Å². The van der Waals surface area contributed by atoms with E-state index < -0.39 is 12.1 Å². The van der Waals surface area contributed by atoms with Gasteiger partial charge in [0, 0.05) is 37.2 Å². The maximum atomic E-state index is 10.6. The smallest absolute Gasteiger partial charge is 0.475 e. The Morgan fingerprint density at radius 3 is 2.64 bits per heavy atom. The molecule has 1 atom stereocenters. The Labute approximate surface area is 161 Å². The lowest BCUT2D eigenvalue weighted by atomic mass is 10.2. The SMILES string of the molecule is CN(C)CCn1cc(-c2cccnc2)nc1C1CCCN1.O=C(O)C(F)(F)F. The third kappa shape index (κ3) is 6.31. The molecule has 0 aliphatic carbocycles. The van der Waals surface area contributed by atoms with E-state index >= 15 is 0 Å². The largest absolute Gasteiger partial charge is 0.490 e. The first kappa shape index (κ1) is 21.8. The number of carbonyl (C=O) groups is 1. The molecule has 2 N–H and O–H groups in total. The summed E-state index contributed by atoms with van der Waals surface area (Å²) in [4.78, 5) is 20.2.